The summed E-state index contributed by atoms with van der Waals surface area (Å²) in [5, 5.41) is 0. The van der Waals surface area contributed by atoms with Crippen LogP contribution in [0.3, 0.4) is 0 Å². The van der Waals surface area contributed by atoms with Gasteiger partial charge in [0.25, 0.3) is 0 Å². The van der Waals surface area contributed by atoms with Gasteiger partial charge in [-0.2, -0.15) is 0 Å². The van der Waals surface area contributed by atoms with Crippen LogP contribution in [-0.4, -0.2) is 51.5 Å². The molecule has 0 aromatic rings. The van der Waals surface area contributed by atoms with E-state index in [0.717, 1.165) is 39.2 Å². The van der Waals surface area contributed by atoms with E-state index in [-0.39, 0.29) is 6.10 Å². The van der Waals surface area contributed by atoms with Crippen LogP contribution in [0.1, 0.15) is 123 Å². The van der Waals surface area contributed by atoms with E-state index in [2.05, 4.69) is 57.1 Å². The number of hydrogen-bond donors (Lipinski definition) is 0. The van der Waals surface area contributed by atoms with Crippen LogP contribution in [0, 0.1) is 0 Å². The Kier molecular flexibility index (Phi) is 27.1. The van der Waals surface area contributed by atoms with Crippen molar-refractivity contribution in [3.05, 3.63) is 24.3 Å². The van der Waals surface area contributed by atoms with Gasteiger partial charge < -0.3 is 14.4 Å². The minimum atomic E-state index is 0.249. The quantitative estimate of drug-likeness (QED) is 0.0941. The van der Waals surface area contributed by atoms with Crippen LogP contribution in [-0.2, 0) is 9.47 Å². The molecule has 33 heavy (non-hydrogen) atoms. The summed E-state index contributed by atoms with van der Waals surface area (Å²) in [7, 11) is 4.26. The maximum absolute atomic E-state index is 6.11. The molecule has 3 nitrogen and oxygen atoms in total. The second-order valence-electron chi connectivity index (χ2n) is 9.80. The largest absolute Gasteiger partial charge is 0.379 e. The van der Waals surface area contributed by atoms with Gasteiger partial charge in [0.15, 0.2) is 0 Å². The molecular formula is C30H59NO2. The van der Waals surface area contributed by atoms with Gasteiger partial charge in [0.2, 0.25) is 0 Å². The summed E-state index contributed by atoms with van der Waals surface area (Å²) in [6, 6.07) is 0. The molecule has 0 rings (SSSR count). The zero-order chi connectivity index (χ0) is 24.2. The van der Waals surface area contributed by atoms with E-state index >= 15 is 0 Å². The van der Waals surface area contributed by atoms with Gasteiger partial charge in [-0.1, -0.05) is 95.9 Å². The molecule has 0 heterocycles. The van der Waals surface area contributed by atoms with Crippen molar-refractivity contribution in [2.24, 2.45) is 0 Å². The molecule has 0 aromatic carbocycles. The summed E-state index contributed by atoms with van der Waals surface area (Å²) in [4.78, 5) is 2.23. The Morgan fingerprint density at radius 2 is 1.18 bits per heavy atom. The fraction of sp³-hybridized carbons (Fsp3) is 0.867. The van der Waals surface area contributed by atoms with E-state index < -0.39 is 0 Å². The van der Waals surface area contributed by atoms with Gasteiger partial charge in [0.1, 0.15) is 0 Å². The molecule has 0 radical (unpaired) electrons. The SMILES string of the molecule is CCCCC/C=C\C/C=C\CCCCCCCCOCC(CCN(C)C)OCCCCCC. The van der Waals surface area contributed by atoms with Crippen molar-refractivity contribution < 1.29 is 9.47 Å². The van der Waals surface area contributed by atoms with Gasteiger partial charge in [-0.3, -0.25) is 0 Å². The Bertz CT molecular complexity index is 420. The monoisotopic (exact) mass is 465 g/mol. The highest BCUT2D eigenvalue weighted by molar-refractivity contribution is 4.92. The highest BCUT2D eigenvalue weighted by Crippen LogP contribution is 2.09. The molecule has 1 atom stereocenters. The van der Waals surface area contributed by atoms with Crippen LogP contribution in [0.5, 0.6) is 0 Å². The maximum atomic E-state index is 6.11. The summed E-state index contributed by atoms with van der Waals surface area (Å²) < 4.78 is 12.1. The lowest BCUT2D eigenvalue weighted by molar-refractivity contribution is -0.0248. The van der Waals surface area contributed by atoms with E-state index in [9.17, 15) is 0 Å². The van der Waals surface area contributed by atoms with Gasteiger partial charge in [-0.25, -0.2) is 0 Å². The molecule has 0 aromatic heterocycles. The van der Waals surface area contributed by atoms with Gasteiger partial charge in [-0.05, 0) is 65.5 Å². The molecular weight excluding hydrogens is 406 g/mol. The second-order valence-corrected chi connectivity index (χ2v) is 9.80. The molecule has 0 amide bonds. The molecule has 0 fully saturated rings. The molecule has 0 aliphatic carbocycles. The first-order valence-electron chi connectivity index (χ1n) is 14.3. The summed E-state index contributed by atoms with van der Waals surface area (Å²) in [6.07, 6.45) is 31.2. The van der Waals surface area contributed by atoms with Crippen molar-refractivity contribution in [1.29, 1.82) is 0 Å². The van der Waals surface area contributed by atoms with E-state index in [1.807, 2.05) is 0 Å². The van der Waals surface area contributed by atoms with Crippen molar-refractivity contribution in [1.82, 2.24) is 4.90 Å². The molecule has 0 aliphatic rings. The zero-order valence-corrected chi connectivity index (χ0v) is 23.0. The molecule has 0 saturated carbocycles. The lowest BCUT2D eigenvalue weighted by Crippen LogP contribution is -2.26. The minimum absolute atomic E-state index is 0.249. The van der Waals surface area contributed by atoms with Crippen molar-refractivity contribution in [2.75, 3.05) is 40.5 Å². The second kappa shape index (κ2) is 27.6. The van der Waals surface area contributed by atoms with Crippen molar-refractivity contribution in [3.63, 3.8) is 0 Å². The van der Waals surface area contributed by atoms with Gasteiger partial charge >= 0.3 is 0 Å². The standard InChI is InChI=1S/C30H59NO2/c1-5-7-9-11-12-13-14-15-16-17-18-19-20-21-22-23-27-32-29-30(25-26-31(3)4)33-28-24-10-8-6-2/h12-13,15-16,30H,5-11,14,17-29H2,1-4H3/b13-12-,16-15-. The molecule has 0 bridgehead atoms. The van der Waals surface area contributed by atoms with Crippen molar-refractivity contribution in [3.8, 4) is 0 Å². The molecule has 196 valence electrons. The number of rotatable bonds is 26. The first kappa shape index (κ1) is 32.4. The van der Waals surface area contributed by atoms with Crippen LogP contribution >= 0.6 is 0 Å². The average Bonchev–Trinajstić information content (AvgIpc) is 2.80. The fourth-order valence-electron chi connectivity index (χ4n) is 3.80. The fourth-order valence-corrected chi connectivity index (χ4v) is 3.80. The van der Waals surface area contributed by atoms with E-state index in [0.29, 0.717) is 0 Å². The Labute approximate surface area is 208 Å². The number of ether oxygens (including phenoxy) is 2. The third kappa shape index (κ3) is 27.5. The van der Waals surface area contributed by atoms with Gasteiger partial charge in [0, 0.05) is 19.8 Å². The summed E-state index contributed by atoms with van der Waals surface area (Å²) in [5.74, 6) is 0. The smallest absolute Gasteiger partial charge is 0.0820 e. The number of unbranched alkanes of at least 4 members (excludes halogenated alkanes) is 12. The third-order valence-electron chi connectivity index (χ3n) is 6.04. The lowest BCUT2D eigenvalue weighted by atomic mass is 10.1. The molecule has 0 aliphatic heterocycles. The Morgan fingerprint density at radius 3 is 1.85 bits per heavy atom. The first-order chi connectivity index (χ1) is 16.2. The Balaban J connectivity index is 3.54. The van der Waals surface area contributed by atoms with Crippen LogP contribution in [0.15, 0.2) is 24.3 Å². The minimum Gasteiger partial charge on any atom is -0.379 e. The van der Waals surface area contributed by atoms with Gasteiger partial charge in [-0.15, -0.1) is 0 Å². The van der Waals surface area contributed by atoms with Crippen LogP contribution in [0.2, 0.25) is 0 Å². The van der Waals surface area contributed by atoms with E-state index in [1.165, 1.54) is 96.3 Å². The Morgan fingerprint density at radius 1 is 0.636 bits per heavy atom. The maximum Gasteiger partial charge on any atom is 0.0820 e. The van der Waals surface area contributed by atoms with Crippen LogP contribution in [0.4, 0.5) is 0 Å². The van der Waals surface area contributed by atoms with E-state index in [1.54, 1.807) is 0 Å². The summed E-state index contributed by atoms with van der Waals surface area (Å²) in [6.45, 7) is 8.09. The van der Waals surface area contributed by atoms with Crippen molar-refractivity contribution in [2.45, 2.75) is 129 Å². The summed E-state index contributed by atoms with van der Waals surface area (Å²) in [5.41, 5.74) is 0. The highest BCUT2D eigenvalue weighted by Gasteiger charge is 2.10. The zero-order valence-electron chi connectivity index (χ0n) is 23.0. The average molecular weight is 466 g/mol. The normalized spacial score (nSPS) is 13.1. The topological polar surface area (TPSA) is 21.7 Å². The van der Waals surface area contributed by atoms with Crippen LogP contribution in [0.25, 0.3) is 0 Å². The molecule has 0 N–H and O–H groups in total. The van der Waals surface area contributed by atoms with Crippen molar-refractivity contribution >= 4 is 0 Å². The van der Waals surface area contributed by atoms with Crippen LogP contribution < -0.4 is 0 Å². The number of allylic oxidation sites excluding steroid dienone is 4. The Hall–Kier alpha value is -0.640. The highest BCUT2D eigenvalue weighted by atomic mass is 16.5. The predicted octanol–water partition coefficient (Wildman–Crippen LogP) is 8.73. The summed E-state index contributed by atoms with van der Waals surface area (Å²) >= 11 is 0. The third-order valence-corrected chi connectivity index (χ3v) is 6.04. The molecule has 1 unspecified atom stereocenters. The molecule has 0 saturated heterocycles. The first-order valence-corrected chi connectivity index (χ1v) is 14.3. The van der Waals surface area contributed by atoms with Gasteiger partial charge in [0.05, 0.1) is 12.7 Å². The molecule has 3 heteroatoms. The van der Waals surface area contributed by atoms with E-state index in [4.69, 9.17) is 9.47 Å². The lowest BCUT2D eigenvalue weighted by Gasteiger charge is -2.20. The predicted molar refractivity (Wildman–Crippen MR) is 147 cm³/mol. The number of hydrogen-bond acceptors (Lipinski definition) is 3. The molecule has 0 spiro atoms. The number of nitrogens with zero attached hydrogens (tertiary/aromatic N) is 1.